The van der Waals surface area contributed by atoms with E-state index in [0.29, 0.717) is 18.9 Å². The third-order valence-corrected chi connectivity index (χ3v) is 5.79. The second-order valence-corrected chi connectivity index (χ2v) is 7.24. The highest BCUT2D eigenvalue weighted by Crippen LogP contribution is 2.36. The number of aromatic nitrogens is 3. The van der Waals surface area contributed by atoms with Crippen LogP contribution >= 0.6 is 0 Å². The molecule has 6 heteroatoms. The normalized spacial score (nSPS) is 27.8. The van der Waals surface area contributed by atoms with E-state index in [-0.39, 0.29) is 18.1 Å². The zero-order valence-corrected chi connectivity index (χ0v) is 13.9. The zero-order chi connectivity index (χ0) is 15.8. The van der Waals surface area contributed by atoms with Crippen LogP contribution in [0.3, 0.4) is 0 Å². The molecule has 2 atom stereocenters. The van der Waals surface area contributed by atoms with Crippen LogP contribution in [-0.2, 0) is 22.5 Å². The van der Waals surface area contributed by atoms with Gasteiger partial charge in [0.15, 0.2) is 5.82 Å². The minimum atomic E-state index is 0.0354. The summed E-state index contributed by atoms with van der Waals surface area (Å²) in [6.07, 6.45) is 8.74. The summed E-state index contributed by atoms with van der Waals surface area (Å²) >= 11 is 0. The lowest BCUT2D eigenvalue weighted by Gasteiger charge is -2.25. The van der Waals surface area contributed by atoms with Crippen molar-refractivity contribution in [2.75, 3.05) is 13.7 Å². The van der Waals surface area contributed by atoms with Gasteiger partial charge in [0.2, 0.25) is 5.91 Å². The topological polar surface area (TPSA) is 60.3 Å². The number of hydrogen-bond acceptors (Lipinski definition) is 4. The van der Waals surface area contributed by atoms with E-state index in [1.165, 1.54) is 25.7 Å². The SMILES string of the molecule is CO[C@@H]1C[C@@H](c2nnc3n2CCC3)N(C(=O)CC2CCCC2)C1. The Morgan fingerprint density at radius 1 is 1.26 bits per heavy atom. The average Bonchev–Trinajstić information content (AvgIpc) is 3.30. The van der Waals surface area contributed by atoms with Crippen molar-refractivity contribution in [2.45, 2.75) is 70.1 Å². The molecule has 23 heavy (non-hydrogen) atoms. The fourth-order valence-electron chi connectivity index (χ4n) is 4.49. The van der Waals surface area contributed by atoms with Gasteiger partial charge in [-0.05, 0) is 25.2 Å². The van der Waals surface area contributed by atoms with Gasteiger partial charge in [-0.25, -0.2) is 0 Å². The summed E-state index contributed by atoms with van der Waals surface area (Å²) in [5.74, 6) is 2.89. The molecule has 1 aliphatic carbocycles. The van der Waals surface area contributed by atoms with Crippen molar-refractivity contribution in [3.63, 3.8) is 0 Å². The van der Waals surface area contributed by atoms with E-state index in [1.807, 2.05) is 4.90 Å². The predicted molar refractivity (Wildman–Crippen MR) is 84.8 cm³/mol. The Bertz CT molecular complexity index is 579. The van der Waals surface area contributed by atoms with Gasteiger partial charge in [0.1, 0.15) is 5.82 Å². The van der Waals surface area contributed by atoms with Crippen molar-refractivity contribution in [1.82, 2.24) is 19.7 Å². The van der Waals surface area contributed by atoms with E-state index in [0.717, 1.165) is 37.5 Å². The smallest absolute Gasteiger partial charge is 0.223 e. The van der Waals surface area contributed by atoms with E-state index >= 15 is 0 Å². The van der Waals surface area contributed by atoms with Gasteiger partial charge in [0.05, 0.1) is 12.1 Å². The fourth-order valence-corrected chi connectivity index (χ4v) is 4.49. The van der Waals surface area contributed by atoms with Crippen molar-refractivity contribution in [3.8, 4) is 0 Å². The number of methoxy groups -OCH3 is 1. The first-order valence-electron chi connectivity index (χ1n) is 9.00. The first-order chi connectivity index (χ1) is 11.3. The lowest BCUT2D eigenvalue weighted by atomic mass is 10.0. The van der Waals surface area contributed by atoms with E-state index in [9.17, 15) is 4.79 Å². The fraction of sp³-hybridized carbons (Fsp3) is 0.824. The Kier molecular flexibility index (Phi) is 4.09. The van der Waals surface area contributed by atoms with Crippen LogP contribution in [0, 0.1) is 5.92 Å². The van der Waals surface area contributed by atoms with Crippen LogP contribution in [0.25, 0.3) is 0 Å². The van der Waals surface area contributed by atoms with Gasteiger partial charge in [-0.2, -0.15) is 0 Å². The molecule has 1 saturated carbocycles. The number of fused-ring (bicyclic) bond motifs is 1. The highest BCUT2D eigenvalue weighted by Gasteiger charge is 2.40. The van der Waals surface area contributed by atoms with Gasteiger partial charge in [-0.1, -0.05) is 12.8 Å². The van der Waals surface area contributed by atoms with Crippen molar-refractivity contribution >= 4 is 5.91 Å². The molecule has 1 aromatic heterocycles. The first kappa shape index (κ1) is 15.1. The highest BCUT2D eigenvalue weighted by molar-refractivity contribution is 5.77. The molecule has 0 spiro atoms. The molecular formula is C17H26N4O2. The molecule has 0 N–H and O–H groups in total. The van der Waals surface area contributed by atoms with Crippen LogP contribution < -0.4 is 0 Å². The molecule has 3 aliphatic rings. The second-order valence-electron chi connectivity index (χ2n) is 7.24. The molecule has 1 amide bonds. The average molecular weight is 318 g/mol. The summed E-state index contributed by atoms with van der Waals surface area (Å²) in [6, 6.07) is 0.0354. The highest BCUT2D eigenvalue weighted by atomic mass is 16.5. The monoisotopic (exact) mass is 318 g/mol. The number of rotatable bonds is 4. The quantitative estimate of drug-likeness (QED) is 0.853. The van der Waals surface area contributed by atoms with E-state index in [1.54, 1.807) is 7.11 Å². The lowest BCUT2D eigenvalue weighted by Crippen LogP contribution is -2.34. The van der Waals surface area contributed by atoms with Crippen LogP contribution in [0.15, 0.2) is 0 Å². The number of amides is 1. The number of carbonyl (C=O) groups excluding carboxylic acids is 1. The summed E-state index contributed by atoms with van der Waals surface area (Å²) in [5, 5.41) is 8.74. The maximum atomic E-state index is 12.9. The number of ether oxygens (including phenoxy) is 1. The van der Waals surface area contributed by atoms with Gasteiger partial charge in [0.25, 0.3) is 0 Å². The number of nitrogens with zero attached hydrogens (tertiary/aromatic N) is 4. The van der Waals surface area contributed by atoms with Crippen LogP contribution in [0.5, 0.6) is 0 Å². The van der Waals surface area contributed by atoms with Crippen LogP contribution in [0.4, 0.5) is 0 Å². The van der Waals surface area contributed by atoms with Crippen molar-refractivity contribution in [3.05, 3.63) is 11.6 Å². The molecule has 126 valence electrons. The first-order valence-corrected chi connectivity index (χ1v) is 9.00. The van der Waals surface area contributed by atoms with Crippen molar-refractivity contribution in [1.29, 1.82) is 0 Å². The number of aryl methyl sites for hydroxylation is 1. The Balaban J connectivity index is 1.54. The summed E-state index contributed by atoms with van der Waals surface area (Å²) in [4.78, 5) is 14.9. The molecule has 0 unspecified atom stereocenters. The molecule has 3 heterocycles. The van der Waals surface area contributed by atoms with Gasteiger partial charge in [0, 0.05) is 39.5 Å². The molecule has 0 radical (unpaired) electrons. The molecule has 6 nitrogen and oxygen atoms in total. The van der Waals surface area contributed by atoms with E-state index in [2.05, 4.69) is 14.8 Å². The summed E-state index contributed by atoms with van der Waals surface area (Å²) in [5.41, 5.74) is 0. The molecule has 4 rings (SSSR count). The standard InChI is InChI=1S/C17H26N4O2/c1-23-13-10-14(17-19-18-15-7-4-8-20(15)17)21(11-13)16(22)9-12-5-2-3-6-12/h12-14H,2-11H2,1H3/t13-,14+/m1/s1. The Labute approximate surface area is 137 Å². The van der Waals surface area contributed by atoms with Crippen LogP contribution in [0.1, 0.15) is 62.6 Å². The van der Waals surface area contributed by atoms with Gasteiger partial charge in [-0.15, -0.1) is 10.2 Å². The number of carbonyl (C=O) groups is 1. The predicted octanol–water partition coefficient (Wildman–Crippen LogP) is 2.09. The maximum Gasteiger partial charge on any atom is 0.223 e. The molecule has 0 bridgehead atoms. The Morgan fingerprint density at radius 3 is 2.87 bits per heavy atom. The molecule has 0 aromatic carbocycles. The third-order valence-electron chi connectivity index (χ3n) is 5.79. The third kappa shape index (κ3) is 2.77. The zero-order valence-electron chi connectivity index (χ0n) is 13.9. The summed E-state index contributed by atoms with van der Waals surface area (Å²) in [6.45, 7) is 1.67. The second kappa shape index (κ2) is 6.23. The lowest BCUT2D eigenvalue weighted by molar-refractivity contribution is -0.133. The van der Waals surface area contributed by atoms with Gasteiger partial charge < -0.3 is 14.2 Å². The number of likely N-dealkylation sites (tertiary alicyclic amines) is 1. The van der Waals surface area contributed by atoms with E-state index in [4.69, 9.17) is 4.74 Å². The van der Waals surface area contributed by atoms with Crippen LogP contribution in [0.2, 0.25) is 0 Å². The largest absolute Gasteiger partial charge is 0.380 e. The maximum absolute atomic E-state index is 12.9. The molecule has 1 saturated heterocycles. The van der Waals surface area contributed by atoms with Gasteiger partial charge >= 0.3 is 0 Å². The molecular weight excluding hydrogens is 292 g/mol. The van der Waals surface area contributed by atoms with Crippen molar-refractivity contribution in [2.24, 2.45) is 5.92 Å². The summed E-state index contributed by atoms with van der Waals surface area (Å²) in [7, 11) is 1.74. The van der Waals surface area contributed by atoms with Gasteiger partial charge in [-0.3, -0.25) is 4.79 Å². The van der Waals surface area contributed by atoms with E-state index < -0.39 is 0 Å². The van der Waals surface area contributed by atoms with Crippen molar-refractivity contribution < 1.29 is 9.53 Å². The minimum absolute atomic E-state index is 0.0354. The van der Waals surface area contributed by atoms with Crippen LogP contribution in [-0.4, -0.2) is 45.3 Å². The molecule has 2 aliphatic heterocycles. The Morgan fingerprint density at radius 2 is 2.09 bits per heavy atom. The minimum Gasteiger partial charge on any atom is -0.380 e. The molecule has 1 aromatic rings. The molecule has 2 fully saturated rings. The number of hydrogen-bond donors (Lipinski definition) is 0. The summed E-state index contributed by atoms with van der Waals surface area (Å²) < 4.78 is 7.78. The Hall–Kier alpha value is -1.43.